The minimum atomic E-state index is 0.848. The molecule has 4 aromatic rings. The zero-order valence-corrected chi connectivity index (χ0v) is 14.5. The average Bonchev–Trinajstić information content (AvgIpc) is 2.70. The fraction of sp³-hybridized carbons (Fsp3) is 0.0400. The fourth-order valence-electron chi connectivity index (χ4n) is 3.09. The van der Waals surface area contributed by atoms with Gasteiger partial charge in [-0.15, -0.1) is 0 Å². The molecule has 0 spiro atoms. The van der Waals surface area contributed by atoms with Crippen molar-refractivity contribution in [1.29, 1.82) is 0 Å². The fourth-order valence-corrected chi connectivity index (χ4v) is 3.09. The first-order valence-electron chi connectivity index (χ1n) is 8.84. The molecule has 0 saturated heterocycles. The van der Waals surface area contributed by atoms with Gasteiger partial charge in [0, 0.05) is 5.56 Å². The third-order valence-electron chi connectivity index (χ3n) is 4.35. The van der Waals surface area contributed by atoms with Crippen molar-refractivity contribution in [2.24, 2.45) is 0 Å². The molecule has 0 aliphatic rings. The molecular weight excluding hydrogens is 316 g/mol. The van der Waals surface area contributed by atoms with Crippen LogP contribution in [0.25, 0.3) is 11.1 Å². The van der Waals surface area contributed by atoms with Gasteiger partial charge in [-0.2, -0.15) is 0 Å². The molecule has 1 nitrogen and oxygen atoms in total. The Kier molecular flexibility index (Phi) is 4.79. The summed E-state index contributed by atoms with van der Waals surface area (Å²) in [6.45, 7) is 0. The van der Waals surface area contributed by atoms with Crippen molar-refractivity contribution in [2.45, 2.75) is 6.42 Å². The largest absolute Gasteiger partial charge is 0.457 e. The highest BCUT2D eigenvalue weighted by Crippen LogP contribution is 2.33. The maximum atomic E-state index is 6.12. The Morgan fingerprint density at radius 1 is 0.538 bits per heavy atom. The van der Waals surface area contributed by atoms with Crippen molar-refractivity contribution in [2.75, 3.05) is 0 Å². The van der Waals surface area contributed by atoms with E-state index in [1.54, 1.807) is 0 Å². The highest BCUT2D eigenvalue weighted by Gasteiger charge is 2.08. The first-order chi connectivity index (χ1) is 12.9. The topological polar surface area (TPSA) is 9.23 Å². The predicted octanol–water partition coefficient (Wildman–Crippen LogP) is 6.74. The minimum absolute atomic E-state index is 0.848. The Morgan fingerprint density at radius 3 is 2.00 bits per heavy atom. The molecule has 126 valence electrons. The molecule has 0 fully saturated rings. The lowest BCUT2D eigenvalue weighted by Crippen LogP contribution is -1.91. The standard InChI is InChI=1S/C25H20O/c1-3-10-20(11-4-1)18-21-12-9-13-22(19-21)24-16-7-8-17-25(24)26-23-14-5-2-6-15-23/h1-17,19H,18H2. The Hall–Kier alpha value is -3.32. The molecule has 0 unspecified atom stereocenters. The minimum Gasteiger partial charge on any atom is -0.457 e. The molecule has 1 heteroatoms. The Labute approximate surface area is 154 Å². The van der Waals surface area contributed by atoms with Crippen molar-refractivity contribution in [1.82, 2.24) is 0 Å². The molecule has 0 aromatic heterocycles. The first kappa shape index (κ1) is 16.2. The Balaban J connectivity index is 1.65. The van der Waals surface area contributed by atoms with Gasteiger partial charge in [0.25, 0.3) is 0 Å². The van der Waals surface area contributed by atoms with Crippen molar-refractivity contribution in [3.8, 4) is 22.6 Å². The SMILES string of the molecule is c1ccc(Cc2cccc(-c3ccccc3Oc3ccccc3)c2)cc1. The van der Waals surface area contributed by atoms with Crippen LogP contribution in [-0.2, 0) is 6.42 Å². The highest BCUT2D eigenvalue weighted by molar-refractivity contribution is 5.71. The van der Waals surface area contributed by atoms with Crippen LogP contribution in [-0.4, -0.2) is 0 Å². The Morgan fingerprint density at radius 2 is 1.19 bits per heavy atom. The Bertz CT molecular complexity index is 975. The molecule has 0 radical (unpaired) electrons. The van der Waals surface area contributed by atoms with Crippen molar-refractivity contribution >= 4 is 0 Å². The maximum absolute atomic E-state index is 6.12. The number of hydrogen-bond acceptors (Lipinski definition) is 1. The van der Waals surface area contributed by atoms with Gasteiger partial charge in [-0.3, -0.25) is 0 Å². The molecular formula is C25H20O. The van der Waals surface area contributed by atoms with Gasteiger partial charge >= 0.3 is 0 Å². The number of rotatable bonds is 5. The number of para-hydroxylation sites is 2. The van der Waals surface area contributed by atoms with Crippen molar-refractivity contribution < 1.29 is 4.74 Å². The van der Waals surface area contributed by atoms with Gasteiger partial charge in [0.1, 0.15) is 11.5 Å². The van der Waals surface area contributed by atoms with Crippen molar-refractivity contribution in [3.05, 3.63) is 120 Å². The van der Waals surface area contributed by atoms with Crippen LogP contribution in [0.5, 0.6) is 11.5 Å². The molecule has 0 aliphatic heterocycles. The summed E-state index contributed by atoms with van der Waals surface area (Å²) in [6, 6.07) is 37.3. The van der Waals surface area contributed by atoms with Crippen LogP contribution >= 0.6 is 0 Å². The molecule has 4 rings (SSSR count). The number of ether oxygens (including phenoxy) is 1. The predicted molar refractivity (Wildman–Crippen MR) is 108 cm³/mol. The molecule has 0 bridgehead atoms. The second kappa shape index (κ2) is 7.71. The van der Waals surface area contributed by atoms with Crippen LogP contribution in [0.15, 0.2) is 109 Å². The van der Waals surface area contributed by atoms with E-state index >= 15 is 0 Å². The van der Waals surface area contributed by atoms with Crippen LogP contribution in [0, 0.1) is 0 Å². The lowest BCUT2D eigenvalue weighted by atomic mass is 9.98. The summed E-state index contributed by atoms with van der Waals surface area (Å²) in [6.07, 6.45) is 0.927. The molecule has 26 heavy (non-hydrogen) atoms. The number of hydrogen-bond donors (Lipinski definition) is 0. The van der Waals surface area contributed by atoms with Crippen LogP contribution in [0.4, 0.5) is 0 Å². The third kappa shape index (κ3) is 3.84. The summed E-state index contributed by atoms with van der Waals surface area (Å²) in [5.41, 5.74) is 4.89. The van der Waals surface area contributed by atoms with E-state index in [-0.39, 0.29) is 0 Å². The van der Waals surface area contributed by atoms with Gasteiger partial charge in [-0.05, 0) is 41.3 Å². The zero-order valence-electron chi connectivity index (χ0n) is 14.5. The first-order valence-corrected chi connectivity index (χ1v) is 8.84. The molecule has 0 N–H and O–H groups in total. The van der Waals surface area contributed by atoms with E-state index in [4.69, 9.17) is 4.74 Å². The van der Waals surface area contributed by atoms with Gasteiger partial charge < -0.3 is 4.74 Å². The molecule has 0 aliphatic carbocycles. The summed E-state index contributed by atoms with van der Waals surface area (Å²) in [5, 5.41) is 0. The summed E-state index contributed by atoms with van der Waals surface area (Å²) in [5.74, 6) is 1.72. The molecule has 0 heterocycles. The van der Waals surface area contributed by atoms with Gasteiger partial charge in [0.2, 0.25) is 0 Å². The van der Waals surface area contributed by atoms with E-state index in [2.05, 4.69) is 66.7 Å². The van der Waals surface area contributed by atoms with Crippen LogP contribution in [0.1, 0.15) is 11.1 Å². The van der Waals surface area contributed by atoms with Gasteiger partial charge in [-0.1, -0.05) is 91.0 Å². The normalized spacial score (nSPS) is 10.5. The van der Waals surface area contributed by atoms with E-state index in [1.165, 1.54) is 16.7 Å². The van der Waals surface area contributed by atoms with E-state index in [0.717, 1.165) is 23.5 Å². The summed E-state index contributed by atoms with van der Waals surface area (Å²) in [7, 11) is 0. The molecule has 0 atom stereocenters. The number of benzene rings is 4. The van der Waals surface area contributed by atoms with Gasteiger partial charge in [0.15, 0.2) is 0 Å². The summed E-state index contributed by atoms with van der Waals surface area (Å²) >= 11 is 0. The van der Waals surface area contributed by atoms with E-state index < -0.39 is 0 Å². The van der Waals surface area contributed by atoms with Crippen LogP contribution < -0.4 is 4.74 Å². The van der Waals surface area contributed by atoms with Crippen molar-refractivity contribution in [3.63, 3.8) is 0 Å². The molecule has 0 amide bonds. The average molecular weight is 336 g/mol. The van der Waals surface area contributed by atoms with E-state index in [9.17, 15) is 0 Å². The summed E-state index contributed by atoms with van der Waals surface area (Å²) in [4.78, 5) is 0. The van der Waals surface area contributed by atoms with Gasteiger partial charge in [-0.25, -0.2) is 0 Å². The van der Waals surface area contributed by atoms with E-state index in [0.29, 0.717) is 0 Å². The van der Waals surface area contributed by atoms with Crippen LogP contribution in [0.3, 0.4) is 0 Å². The summed E-state index contributed by atoms with van der Waals surface area (Å²) < 4.78 is 6.12. The van der Waals surface area contributed by atoms with E-state index in [1.807, 2.05) is 42.5 Å². The third-order valence-corrected chi connectivity index (χ3v) is 4.35. The lowest BCUT2D eigenvalue weighted by Gasteiger charge is -2.12. The molecule has 0 saturated carbocycles. The smallest absolute Gasteiger partial charge is 0.135 e. The lowest BCUT2D eigenvalue weighted by molar-refractivity contribution is 0.484. The second-order valence-electron chi connectivity index (χ2n) is 6.27. The van der Waals surface area contributed by atoms with Crippen LogP contribution in [0.2, 0.25) is 0 Å². The highest BCUT2D eigenvalue weighted by atomic mass is 16.5. The zero-order chi connectivity index (χ0) is 17.6. The molecule has 4 aromatic carbocycles. The second-order valence-corrected chi connectivity index (χ2v) is 6.27. The maximum Gasteiger partial charge on any atom is 0.135 e. The monoisotopic (exact) mass is 336 g/mol. The quantitative estimate of drug-likeness (QED) is 0.392. The van der Waals surface area contributed by atoms with Gasteiger partial charge in [0.05, 0.1) is 0 Å².